The van der Waals surface area contributed by atoms with Crippen molar-refractivity contribution in [2.45, 2.75) is 12.5 Å². The summed E-state index contributed by atoms with van der Waals surface area (Å²) >= 11 is 0. The number of benzene rings is 1. The lowest BCUT2D eigenvalue weighted by molar-refractivity contribution is -0.131. The van der Waals surface area contributed by atoms with Gasteiger partial charge in [-0.25, -0.2) is 4.79 Å². The van der Waals surface area contributed by atoms with Crippen LogP contribution in [-0.4, -0.2) is 40.6 Å². The zero-order valence-electron chi connectivity index (χ0n) is 12.0. The third-order valence-electron chi connectivity index (χ3n) is 2.73. The number of aliphatic carboxylic acids is 1. The molecule has 0 bridgehead atoms. The van der Waals surface area contributed by atoms with E-state index in [0.717, 1.165) is 6.08 Å². The van der Waals surface area contributed by atoms with Crippen molar-refractivity contribution in [1.82, 2.24) is 10.6 Å². The Morgan fingerprint density at radius 2 is 1.87 bits per heavy atom. The van der Waals surface area contributed by atoms with Gasteiger partial charge in [-0.15, -0.1) is 0 Å². The molecule has 0 fully saturated rings. The first kappa shape index (κ1) is 17.7. The molecule has 1 aromatic carbocycles. The van der Waals surface area contributed by atoms with Crippen LogP contribution in [0.25, 0.3) is 0 Å². The van der Waals surface area contributed by atoms with Crippen molar-refractivity contribution in [3.8, 4) is 11.8 Å². The summed E-state index contributed by atoms with van der Waals surface area (Å²) in [6.07, 6.45) is 1.56. The Bertz CT molecular complexity index is 646. The number of hydrogen-bond acceptors (Lipinski definition) is 5. The second kappa shape index (κ2) is 8.84. The van der Waals surface area contributed by atoms with Crippen LogP contribution in [0, 0.1) is 11.3 Å². The third kappa shape index (κ3) is 6.77. The number of aromatic hydroxyl groups is 1. The summed E-state index contributed by atoms with van der Waals surface area (Å²) in [5.74, 6) is -2.54. The maximum atomic E-state index is 12.0. The van der Waals surface area contributed by atoms with Crippen molar-refractivity contribution in [3.63, 3.8) is 0 Å². The molecule has 0 aliphatic carbocycles. The van der Waals surface area contributed by atoms with Crippen molar-refractivity contribution in [2.75, 3.05) is 6.54 Å². The lowest BCUT2D eigenvalue weighted by atomic mass is 10.0. The lowest BCUT2D eigenvalue weighted by Gasteiger charge is -2.17. The van der Waals surface area contributed by atoms with Gasteiger partial charge in [0, 0.05) is 18.6 Å². The van der Waals surface area contributed by atoms with Gasteiger partial charge in [0.2, 0.25) is 11.8 Å². The highest BCUT2D eigenvalue weighted by molar-refractivity contribution is 5.96. The largest absolute Gasteiger partial charge is 0.508 e. The van der Waals surface area contributed by atoms with Gasteiger partial charge in [0.15, 0.2) is 0 Å². The number of nitriles is 1. The summed E-state index contributed by atoms with van der Waals surface area (Å²) in [7, 11) is 0. The monoisotopic (exact) mass is 317 g/mol. The summed E-state index contributed by atoms with van der Waals surface area (Å²) < 4.78 is 0. The first-order valence-corrected chi connectivity index (χ1v) is 6.56. The van der Waals surface area contributed by atoms with Crippen molar-refractivity contribution in [2.24, 2.45) is 0 Å². The quantitative estimate of drug-likeness (QED) is 0.402. The van der Waals surface area contributed by atoms with Crippen LogP contribution in [0.2, 0.25) is 0 Å². The Labute approximate surface area is 132 Å². The van der Waals surface area contributed by atoms with E-state index in [-0.39, 0.29) is 18.7 Å². The molecule has 4 N–H and O–H groups in total. The fraction of sp³-hybridized carbons (Fsp3) is 0.200. The van der Waals surface area contributed by atoms with E-state index in [1.807, 2.05) is 0 Å². The number of carboxylic acids is 1. The molecule has 23 heavy (non-hydrogen) atoms. The topological polar surface area (TPSA) is 140 Å². The van der Waals surface area contributed by atoms with Gasteiger partial charge in [0.25, 0.3) is 0 Å². The van der Waals surface area contributed by atoms with Crippen LogP contribution in [0.15, 0.2) is 36.4 Å². The van der Waals surface area contributed by atoms with Crippen molar-refractivity contribution in [3.05, 3.63) is 42.0 Å². The van der Waals surface area contributed by atoms with E-state index in [0.29, 0.717) is 11.6 Å². The van der Waals surface area contributed by atoms with Crippen LogP contribution in [0.1, 0.15) is 5.56 Å². The normalized spacial score (nSPS) is 11.4. The summed E-state index contributed by atoms with van der Waals surface area (Å²) in [6.45, 7) is -0.217. The molecule has 8 heteroatoms. The van der Waals surface area contributed by atoms with Gasteiger partial charge in [-0.2, -0.15) is 5.26 Å². The number of carbonyl (C=O) groups excluding carboxylic acids is 2. The fourth-order valence-electron chi connectivity index (χ4n) is 1.69. The van der Waals surface area contributed by atoms with Crippen molar-refractivity contribution < 1.29 is 24.6 Å². The minimum Gasteiger partial charge on any atom is -0.508 e. The van der Waals surface area contributed by atoms with Gasteiger partial charge in [-0.05, 0) is 17.7 Å². The van der Waals surface area contributed by atoms with Gasteiger partial charge in [-0.1, -0.05) is 12.1 Å². The van der Waals surface area contributed by atoms with Crippen LogP contribution in [-0.2, 0) is 20.8 Å². The molecule has 0 aliphatic rings. The Hall–Kier alpha value is -3.34. The smallest absolute Gasteiger partial charge is 0.328 e. The van der Waals surface area contributed by atoms with Crippen LogP contribution >= 0.6 is 0 Å². The molecule has 1 rings (SSSR count). The van der Waals surface area contributed by atoms with Crippen LogP contribution in [0.5, 0.6) is 5.75 Å². The van der Waals surface area contributed by atoms with Crippen molar-refractivity contribution in [1.29, 1.82) is 5.26 Å². The zero-order chi connectivity index (χ0) is 17.2. The van der Waals surface area contributed by atoms with E-state index >= 15 is 0 Å². The number of phenols is 1. The molecule has 0 aliphatic heterocycles. The average Bonchev–Trinajstić information content (AvgIpc) is 2.52. The summed E-state index contributed by atoms with van der Waals surface area (Å²) in [5, 5.41) is 30.9. The van der Waals surface area contributed by atoms with Gasteiger partial charge >= 0.3 is 5.97 Å². The first-order valence-electron chi connectivity index (χ1n) is 6.56. The summed E-state index contributed by atoms with van der Waals surface area (Å²) in [6, 6.07) is 6.80. The number of nitrogens with zero attached hydrogens (tertiary/aromatic N) is 1. The maximum Gasteiger partial charge on any atom is 0.328 e. The molecule has 1 unspecified atom stereocenters. The SMILES string of the molecule is N#CCNC(=O)C(Cc1ccc(O)cc1)NC(=O)C=CC(=O)O. The van der Waals surface area contributed by atoms with Crippen LogP contribution < -0.4 is 10.6 Å². The molecule has 1 aromatic rings. The minimum atomic E-state index is -1.29. The van der Waals surface area contributed by atoms with Crippen LogP contribution in [0.4, 0.5) is 0 Å². The van der Waals surface area contributed by atoms with E-state index in [9.17, 15) is 19.5 Å². The second-order valence-corrected chi connectivity index (χ2v) is 4.48. The number of nitrogens with one attached hydrogen (secondary N) is 2. The van der Waals surface area contributed by atoms with E-state index < -0.39 is 23.8 Å². The number of carbonyl (C=O) groups is 3. The molecule has 120 valence electrons. The van der Waals surface area contributed by atoms with Gasteiger partial charge in [-0.3, -0.25) is 9.59 Å². The summed E-state index contributed by atoms with van der Waals surface area (Å²) in [4.78, 5) is 34.0. The summed E-state index contributed by atoms with van der Waals surface area (Å²) in [5.41, 5.74) is 0.669. The van der Waals surface area contributed by atoms with Gasteiger partial charge in [0.1, 0.15) is 18.3 Å². The molecule has 0 radical (unpaired) electrons. The maximum absolute atomic E-state index is 12.0. The molecule has 0 saturated carbocycles. The fourth-order valence-corrected chi connectivity index (χ4v) is 1.69. The lowest BCUT2D eigenvalue weighted by Crippen LogP contribution is -2.47. The van der Waals surface area contributed by atoms with Gasteiger partial charge < -0.3 is 20.8 Å². The van der Waals surface area contributed by atoms with Crippen molar-refractivity contribution >= 4 is 17.8 Å². The molecule has 1 atom stereocenters. The standard InChI is InChI=1S/C15H15N3O5/c16-7-8-17-15(23)12(18-13(20)5-6-14(21)22)9-10-1-3-11(19)4-2-10/h1-6,12,19H,8-9H2,(H,17,23)(H,18,20)(H,21,22). The van der Waals surface area contributed by atoms with E-state index in [2.05, 4.69) is 10.6 Å². The zero-order valence-corrected chi connectivity index (χ0v) is 12.0. The molecule has 0 heterocycles. The van der Waals surface area contributed by atoms with E-state index in [1.54, 1.807) is 18.2 Å². The molecule has 2 amide bonds. The average molecular weight is 317 g/mol. The molecular formula is C15H15N3O5. The molecule has 8 nitrogen and oxygen atoms in total. The minimum absolute atomic E-state index is 0.0626. The Kier molecular flexibility index (Phi) is 6.81. The van der Waals surface area contributed by atoms with Gasteiger partial charge in [0.05, 0.1) is 6.07 Å². The number of phenolic OH excluding ortho intramolecular Hbond substituents is 1. The predicted octanol–water partition coefficient (Wildman–Crippen LogP) is -0.300. The Balaban J connectivity index is 2.82. The first-order chi connectivity index (χ1) is 10.9. The van der Waals surface area contributed by atoms with E-state index in [4.69, 9.17) is 10.4 Å². The third-order valence-corrected chi connectivity index (χ3v) is 2.73. The molecule has 0 spiro atoms. The molecule has 0 saturated heterocycles. The molecule has 0 aromatic heterocycles. The predicted molar refractivity (Wildman–Crippen MR) is 79.1 cm³/mol. The molecular weight excluding hydrogens is 302 g/mol. The number of rotatable bonds is 7. The highest BCUT2D eigenvalue weighted by Gasteiger charge is 2.20. The Morgan fingerprint density at radius 3 is 2.43 bits per heavy atom. The highest BCUT2D eigenvalue weighted by Crippen LogP contribution is 2.11. The Morgan fingerprint density at radius 1 is 1.22 bits per heavy atom. The second-order valence-electron chi connectivity index (χ2n) is 4.48. The van der Waals surface area contributed by atoms with E-state index in [1.165, 1.54) is 12.1 Å². The number of amides is 2. The number of hydrogen-bond donors (Lipinski definition) is 4. The highest BCUT2D eigenvalue weighted by atomic mass is 16.4. The van der Waals surface area contributed by atoms with Crippen LogP contribution in [0.3, 0.4) is 0 Å². The number of carboxylic acid groups (broad SMARTS) is 1.